The lowest BCUT2D eigenvalue weighted by Gasteiger charge is -2.05. The Balaban J connectivity index is 2.10. The molecule has 2 rings (SSSR count). The van der Waals surface area contributed by atoms with E-state index in [0.717, 1.165) is 22.9 Å². The summed E-state index contributed by atoms with van der Waals surface area (Å²) in [5, 5.41) is 3.94. The zero-order chi connectivity index (χ0) is 13.0. The van der Waals surface area contributed by atoms with Crippen LogP contribution in [0.3, 0.4) is 0 Å². The minimum atomic E-state index is 0.0731. The lowest BCUT2D eigenvalue weighted by Crippen LogP contribution is -2.22. The maximum Gasteiger partial charge on any atom is 0.228 e. The molecule has 6 heteroatoms. The Bertz CT molecular complexity index is 514. The molecule has 2 N–H and O–H groups in total. The molecule has 0 aliphatic rings. The second-order valence-electron chi connectivity index (χ2n) is 4.16. The first-order chi connectivity index (χ1) is 8.69. The predicted octanol–water partition coefficient (Wildman–Crippen LogP) is 2.56. The normalized spacial score (nSPS) is 12.6. The molecule has 2 heterocycles. The van der Waals surface area contributed by atoms with Gasteiger partial charge in [0.1, 0.15) is 0 Å². The van der Waals surface area contributed by atoms with Crippen molar-refractivity contribution >= 4 is 15.9 Å². The smallest absolute Gasteiger partial charge is 0.228 e. The number of pyridine rings is 1. The van der Waals surface area contributed by atoms with Gasteiger partial charge in [-0.15, -0.1) is 0 Å². The topological polar surface area (TPSA) is 77.8 Å². The molecule has 0 fully saturated rings. The third-order valence-electron chi connectivity index (χ3n) is 2.53. The van der Waals surface area contributed by atoms with Gasteiger partial charge >= 0.3 is 0 Å². The Hall–Kier alpha value is -1.27. The number of hydrogen-bond donors (Lipinski definition) is 1. The molecule has 1 atom stereocenters. The van der Waals surface area contributed by atoms with Crippen LogP contribution in [0.15, 0.2) is 27.5 Å². The molecule has 0 saturated carbocycles. The van der Waals surface area contributed by atoms with Crippen LogP contribution in [0.5, 0.6) is 0 Å². The number of hydrogen-bond acceptors (Lipinski definition) is 5. The average Bonchev–Trinajstić information content (AvgIpc) is 2.78. The largest absolute Gasteiger partial charge is 0.339 e. The molecular formula is C12H15BrN4O. The number of aromatic nitrogens is 3. The van der Waals surface area contributed by atoms with Gasteiger partial charge in [0.2, 0.25) is 11.7 Å². The Kier molecular flexibility index (Phi) is 4.43. The molecule has 0 amide bonds. The summed E-state index contributed by atoms with van der Waals surface area (Å²) in [6.45, 7) is 2.10. The molecule has 96 valence electrons. The quantitative estimate of drug-likeness (QED) is 0.918. The Morgan fingerprint density at radius 3 is 3.00 bits per heavy atom. The molecule has 0 radical (unpaired) electrons. The van der Waals surface area contributed by atoms with Crippen molar-refractivity contribution in [1.82, 2.24) is 15.1 Å². The maximum absolute atomic E-state index is 5.94. The Morgan fingerprint density at radius 1 is 1.44 bits per heavy atom. The second-order valence-corrected chi connectivity index (χ2v) is 5.07. The van der Waals surface area contributed by atoms with Crippen LogP contribution in [0, 0.1) is 0 Å². The van der Waals surface area contributed by atoms with E-state index in [1.165, 1.54) is 0 Å². The van der Waals surface area contributed by atoms with E-state index < -0.39 is 0 Å². The minimum Gasteiger partial charge on any atom is -0.339 e. The molecule has 1 unspecified atom stereocenters. The van der Waals surface area contributed by atoms with Gasteiger partial charge in [0.25, 0.3) is 0 Å². The zero-order valence-corrected chi connectivity index (χ0v) is 11.7. The summed E-state index contributed by atoms with van der Waals surface area (Å²) in [5.41, 5.74) is 6.76. The SMILES string of the molecule is CCCC(N)Cc1nc(-c2cncc(Br)c2)no1. The summed E-state index contributed by atoms with van der Waals surface area (Å²) >= 11 is 3.36. The van der Waals surface area contributed by atoms with E-state index in [9.17, 15) is 0 Å². The summed E-state index contributed by atoms with van der Waals surface area (Å²) in [7, 11) is 0. The van der Waals surface area contributed by atoms with Crippen LogP contribution in [0.4, 0.5) is 0 Å². The number of rotatable bonds is 5. The zero-order valence-electron chi connectivity index (χ0n) is 10.1. The van der Waals surface area contributed by atoms with E-state index in [-0.39, 0.29) is 6.04 Å². The van der Waals surface area contributed by atoms with Crippen molar-refractivity contribution in [3.05, 3.63) is 28.8 Å². The fourth-order valence-electron chi connectivity index (χ4n) is 1.69. The van der Waals surface area contributed by atoms with Crippen molar-refractivity contribution < 1.29 is 4.52 Å². The van der Waals surface area contributed by atoms with Gasteiger partial charge in [0.15, 0.2) is 0 Å². The van der Waals surface area contributed by atoms with E-state index in [2.05, 4.69) is 38.0 Å². The number of halogens is 1. The average molecular weight is 311 g/mol. The van der Waals surface area contributed by atoms with E-state index >= 15 is 0 Å². The lowest BCUT2D eigenvalue weighted by atomic mass is 10.1. The standard InChI is InChI=1S/C12H15BrN4O/c1-2-3-10(14)5-11-16-12(17-18-11)8-4-9(13)7-15-6-8/h4,6-7,10H,2-3,5,14H2,1H3. The fraction of sp³-hybridized carbons (Fsp3) is 0.417. The van der Waals surface area contributed by atoms with Crippen LogP contribution in [0.2, 0.25) is 0 Å². The van der Waals surface area contributed by atoms with Crippen LogP contribution in [0.1, 0.15) is 25.7 Å². The highest BCUT2D eigenvalue weighted by Gasteiger charge is 2.12. The molecule has 0 bridgehead atoms. The summed E-state index contributed by atoms with van der Waals surface area (Å²) in [5.74, 6) is 1.12. The Morgan fingerprint density at radius 2 is 2.28 bits per heavy atom. The van der Waals surface area contributed by atoms with Crippen molar-refractivity contribution in [3.8, 4) is 11.4 Å². The van der Waals surface area contributed by atoms with Gasteiger partial charge in [0, 0.05) is 34.9 Å². The molecular weight excluding hydrogens is 296 g/mol. The van der Waals surface area contributed by atoms with Gasteiger partial charge in [-0.3, -0.25) is 4.98 Å². The predicted molar refractivity (Wildman–Crippen MR) is 71.8 cm³/mol. The molecule has 0 aliphatic heterocycles. The maximum atomic E-state index is 5.94. The van der Waals surface area contributed by atoms with E-state index in [1.807, 2.05) is 6.07 Å². The highest BCUT2D eigenvalue weighted by Crippen LogP contribution is 2.19. The van der Waals surface area contributed by atoms with Crippen molar-refractivity contribution in [1.29, 1.82) is 0 Å². The molecule has 18 heavy (non-hydrogen) atoms. The number of nitrogens with zero attached hydrogens (tertiary/aromatic N) is 3. The van der Waals surface area contributed by atoms with E-state index in [0.29, 0.717) is 18.1 Å². The first-order valence-corrected chi connectivity index (χ1v) is 6.67. The van der Waals surface area contributed by atoms with Crippen molar-refractivity contribution in [2.45, 2.75) is 32.2 Å². The fourth-order valence-corrected chi connectivity index (χ4v) is 2.05. The molecule has 2 aromatic rings. The molecule has 0 aliphatic carbocycles. The van der Waals surface area contributed by atoms with Gasteiger partial charge in [0.05, 0.1) is 0 Å². The second kappa shape index (κ2) is 6.06. The minimum absolute atomic E-state index is 0.0731. The Labute approximate surface area is 114 Å². The van der Waals surface area contributed by atoms with Gasteiger partial charge in [-0.1, -0.05) is 18.5 Å². The van der Waals surface area contributed by atoms with Crippen LogP contribution in [0.25, 0.3) is 11.4 Å². The van der Waals surface area contributed by atoms with E-state index in [1.54, 1.807) is 12.4 Å². The summed E-state index contributed by atoms with van der Waals surface area (Å²) < 4.78 is 6.08. The molecule has 0 spiro atoms. The van der Waals surface area contributed by atoms with Crippen LogP contribution in [-0.4, -0.2) is 21.2 Å². The van der Waals surface area contributed by atoms with Crippen molar-refractivity contribution in [2.75, 3.05) is 0 Å². The summed E-state index contributed by atoms with van der Waals surface area (Å²) in [6, 6.07) is 1.97. The van der Waals surface area contributed by atoms with Gasteiger partial charge in [-0.25, -0.2) is 0 Å². The highest BCUT2D eigenvalue weighted by molar-refractivity contribution is 9.10. The van der Waals surface area contributed by atoms with Gasteiger partial charge in [-0.05, 0) is 28.4 Å². The van der Waals surface area contributed by atoms with Crippen LogP contribution >= 0.6 is 15.9 Å². The molecule has 0 aromatic carbocycles. The van der Waals surface area contributed by atoms with E-state index in [4.69, 9.17) is 10.3 Å². The number of nitrogens with two attached hydrogens (primary N) is 1. The third kappa shape index (κ3) is 3.36. The molecule has 2 aromatic heterocycles. The van der Waals surface area contributed by atoms with Crippen molar-refractivity contribution in [3.63, 3.8) is 0 Å². The van der Waals surface area contributed by atoms with Crippen molar-refractivity contribution in [2.24, 2.45) is 5.73 Å². The summed E-state index contributed by atoms with van der Waals surface area (Å²) in [6.07, 6.45) is 6.03. The van der Waals surface area contributed by atoms with Crippen LogP contribution in [-0.2, 0) is 6.42 Å². The first-order valence-electron chi connectivity index (χ1n) is 5.88. The molecule has 5 nitrogen and oxygen atoms in total. The van der Waals surface area contributed by atoms with Gasteiger partial charge in [-0.2, -0.15) is 4.98 Å². The van der Waals surface area contributed by atoms with Crippen LogP contribution < -0.4 is 5.73 Å². The van der Waals surface area contributed by atoms with Gasteiger partial charge < -0.3 is 10.3 Å². The lowest BCUT2D eigenvalue weighted by molar-refractivity contribution is 0.366. The molecule has 0 saturated heterocycles. The summed E-state index contributed by atoms with van der Waals surface area (Å²) in [4.78, 5) is 8.39. The monoisotopic (exact) mass is 310 g/mol. The highest BCUT2D eigenvalue weighted by atomic mass is 79.9. The first kappa shape index (κ1) is 13.2. The third-order valence-corrected chi connectivity index (χ3v) is 2.96.